The summed E-state index contributed by atoms with van der Waals surface area (Å²) in [6, 6.07) is 4.74. The first-order valence-electron chi connectivity index (χ1n) is 4.17. The van der Waals surface area contributed by atoms with Gasteiger partial charge in [0.25, 0.3) is 0 Å². The van der Waals surface area contributed by atoms with Crippen molar-refractivity contribution < 1.29 is 14.9 Å². The minimum atomic E-state index is -0.515. The van der Waals surface area contributed by atoms with Gasteiger partial charge in [-0.2, -0.15) is 0 Å². The summed E-state index contributed by atoms with van der Waals surface area (Å²) in [5, 5.41) is 21.8. The molecule has 1 rings (SSSR count). The smallest absolute Gasteiger partial charge is 0.314 e. The molecular weight excluding hydrogens is 200 g/mol. The van der Waals surface area contributed by atoms with Crippen LogP contribution in [0, 0.1) is 10.1 Å². The van der Waals surface area contributed by atoms with Gasteiger partial charge in [-0.05, 0) is 6.07 Å². The molecule has 0 aliphatic heterocycles. The molecule has 0 aliphatic carbocycles. The Hall–Kier alpha value is -2.11. The highest BCUT2D eigenvalue weighted by Crippen LogP contribution is 2.30. The predicted molar refractivity (Wildman–Crippen MR) is 53.6 cm³/mol. The third kappa shape index (κ3) is 2.43. The molecule has 6 nitrogen and oxygen atoms in total. The van der Waals surface area contributed by atoms with Crippen molar-refractivity contribution in [1.82, 2.24) is 0 Å². The second-order valence-corrected chi connectivity index (χ2v) is 2.73. The van der Waals surface area contributed by atoms with E-state index in [2.05, 4.69) is 5.16 Å². The zero-order chi connectivity index (χ0) is 11.3. The molecule has 1 aromatic carbocycles. The number of methoxy groups -OCH3 is 1. The topological polar surface area (TPSA) is 85.0 Å². The fourth-order valence-corrected chi connectivity index (χ4v) is 1.24. The lowest BCUT2D eigenvalue weighted by Gasteiger charge is -2.04. The summed E-state index contributed by atoms with van der Waals surface area (Å²) in [5.41, 5.74) is 0.344. The lowest BCUT2D eigenvalue weighted by molar-refractivity contribution is -0.386. The number of para-hydroxylation sites is 1. The van der Waals surface area contributed by atoms with Crippen LogP contribution >= 0.6 is 0 Å². The number of rotatable bonds is 4. The number of nitro benzene ring substituents is 1. The van der Waals surface area contributed by atoms with Gasteiger partial charge in [-0.25, -0.2) is 0 Å². The SMILES string of the molecule is COc1cccc(C/C=N/O)c1[N+](=O)[O-]. The Morgan fingerprint density at radius 2 is 2.40 bits per heavy atom. The van der Waals surface area contributed by atoms with Crippen LogP contribution in [0.25, 0.3) is 0 Å². The maximum absolute atomic E-state index is 10.8. The van der Waals surface area contributed by atoms with Crippen molar-refractivity contribution in [2.24, 2.45) is 5.16 Å². The number of oxime groups is 1. The summed E-state index contributed by atoms with van der Waals surface area (Å²) in [4.78, 5) is 10.3. The van der Waals surface area contributed by atoms with Crippen LogP contribution in [-0.4, -0.2) is 23.5 Å². The standard InChI is InChI=1S/C9H10N2O4/c1-15-8-4-2-3-7(5-6-10-12)9(8)11(13)14/h2-4,6,12H,5H2,1H3/b10-6+. The predicted octanol–water partition coefficient (Wildman–Crippen LogP) is 1.61. The average Bonchev–Trinajstić information content (AvgIpc) is 2.25. The third-order valence-corrected chi connectivity index (χ3v) is 1.88. The van der Waals surface area contributed by atoms with Crippen LogP contribution in [0.2, 0.25) is 0 Å². The maximum atomic E-state index is 10.8. The van der Waals surface area contributed by atoms with Crippen molar-refractivity contribution in [3.05, 3.63) is 33.9 Å². The third-order valence-electron chi connectivity index (χ3n) is 1.88. The molecule has 0 saturated carbocycles. The van der Waals surface area contributed by atoms with Gasteiger partial charge in [-0.3, -0.25) is 10.1 Å². The average molecular weight is 210 g/mol. The van der Waals surface area contributed by atoms with Crippen molar-refractivity contribution in [2.75, 3.05) is 7.11 Å². The highest BCUT2D eigenvalue weighted by atomic mass is 16.6. The summed E-state index contributed by atoms with van der Waals surface area (Å²) in [7, 11) is 1.37. The molecule has 0 unspecified atom stereocenters. The lowest BCUT2D eigenvalue weighted by Crippen LogP contribution is -1.99. The van der Waals surface area contributed by atoms with Crippen molar-refractivity contribution >= 4 is 11.9 Å². The first-order chi connectivity index (χ1) is 7.20. The number of benzene rings is 1. The lowest BCUT2D eigenvalue weighted by atomic mass is 10.1. The van der Waals surface area contributed by atoms with E-state index in [1.165, 1.54) is 19.4 Å². The number of hydrogen-bond donors (Lipinski definition) is 1. The quantitative estimate of drug-likeness (QED) is 0.354. The van der Waals surface area contributed by atoms with Crippen LogP contribution in [0.15, 0.2) is 23.4 Å². The Balaban J connectivity index is 3.18. The van der Waals surface area contributed by atoms with Crippen LogP contribution in [0.1, 0.15) is 5.56 Å². The van der Waals surface area contributed by atoms with Crippen molar-refractivity contribution in [2.45, 2.75) is 6.42 Å². The van der Waals surface area contributed by atoms with Crippen LogP contribution in [0.4, 0.5) is 5.69 Å². The summed E-state index contributed by atoms with van der Waals surface area (Å²) < 4.78 is 4.88. The number of nitrogens with zero attached hydrogens (tertiary/aromatic N) is 2. The molecule has 0 aliphatic rings. The monoisotopic (exact) mass is 210 g/mol. The van der Waals surface area contributed by atoms with Gasteiger partial charge in [0.05, 0.1) is 12.0 Å². The molecule has 0 atom stereocenters. The maximum Gasteiger partial charge on any atom is 0.314 e. The van der Waals surface area contributed by atoms with Crippen LogP contribution in [0.5, 0.6) is 5.75 Å². The molecule has 0 radical (unpaired) electrons. The zero-order valence-electron chi connectivity index (χ0n) is 8.08. The second-order valence-electron chi connectivity index (χ2n) is 2.73. The molecule has 0 bridgehead atoms. The van der Waals surface area contributed by atoms with Crippen LogP contribution < -0.4 is 4.74 Å². The van der Waals surface area contributed by atoms with Gasteiger partial charge in [-0.15, -0.1) is 5.16 Å². The molecule has 0 fully saturated rings. The van der Waals surface area contributed by atoms with Crippen LogP contribution in [0.3, 0.4) is 0 Å². The highest BCUT2D eigenvalue weighted by molar-refractivity contribution is 5.66. The number of nitro groups is 1. The summed E-state index contributed by atoms with van der Waals surface area (Å²) in [5.74, 6) is 0.198. The molecule has 0 saturated heterocycles. The van der Waals surface area contributed by atoms with Gasteiger partial charge in [-0.1, -0.05) is 12.1 Å². The fraction of sp³-hybridized carbons (Fsp3) is 0.222. The van der Waals surface area contributed by atoms with E-state index in [0.29, 0.717) is 5.56 Å². The van der Waals surface area contributed by atoms with E-state index < -0.39 is 4.92 Å². The summed E-state index contributed by atoms with van der Waals surface area (Å²) >= 11 is 0. The first-order valence-corrected chi connectivity index (χ1v) is 4.17. The molecule has 15 heavy (non-hydrogen) atoms. The molecule has 80 valence electrons. The van der Waals surface area contributed by atoms with E-state index in [4.69, 9.17) is 9.94 Å². The van der Waals surface area contributed by atoms with E-state index in [9.17, 15) is 10.1 Å². The van der Waals surface area contributed by atoms with Crippen molar-refractivity contribution in [3.63, 3.8) is 0 Å². The zero-order valence-corrected chi connectivity index (χ0v) is 8.08. The van der Waals surface area contributed by atoms with E-state index in [0.717, 1.165) is 0 Å². The molecular formula is C9H10N2O4. The Kier molecular flexibility index (Phi) is 3.61. The molecule has 0 spiro atoms. The summed E-state index contributed by atoms with van der Waals surface area (Å²) in [6.07, 6.45) is 1.37. The highest BCUT2D eigenvalue weighted by Gasteiger charge is 2.19. The van der Waals surface area contributed by atoms with Gasteiger partial charge >= 0.3 is 5.69 Å². The Bertz CT molecular complexity index is 390. The first kappa shape index (κ1) is 11.0. The summed E-state index contributed by atoms with van der Waals surface area (Å²) in [6.45, 7) is 0. The molecule has 0 aromatic heterocycles. The number of hydrogen-bond acceptors (Lipinski definition) is 5. The Labute approximate surface area is 85.9 Å². The van der Waals surface area contributed by atoms with E-state index in [-0.39, 0.29) is 17.9 Å². The van der Waals surface area contributed by atoms with Crippen LogP contribution in [-0.2, 0) is 6.42 Å². The molecule has 6 heteroatoms. The Morgan fingerprint density at radius 1 is 1.67 bits per heavy atom. The normalized spacial score (nSPS) is 10.5. The Morgan fingerprint density at radius 3 is 2.93 bits per heavy atom. The fourth-order valence-electron chi connectivity index (χ4n) is 1.24. The minimum absolute atomic E-state index is 0.0973. The van der Waals surface area contributed by atoms with Gasteiger partial charge < -0.3 is 9.94 Å². The van der Waals surface area contributed by atoms with E-state index in [1.807, 2.05) is 0 Å². The largest absolute Gasteiger partial charge is 0.490 e. The van der Waals surface area contributed by atoms with E-state index in [1.54, 1.807) is 12.1 Å². The van der Waals surface area contributed by atoms with Gasteiger partial charge in [0.1, 0.15) is 0 Å². The van der Waals surface area contributed by atoms with Gasteiger partial charge in [0, 0.05) is 18.2 Å². The minimum Gasteiger partial charge on any atom is -0.490 e. The van der Waals surface area contributed by atoms with Gasteiger partial charge in [0.2, 0.25) is 0 Å². The van der Waals surface area contributed by atoms with Crippen molar-refractivity contribution in [1.29, 1.82) is 0 Å². The molecule has 1 aromatic rings. The molecule has 0 heterocycles. The molecule has 1 N–H and O–H groups in total. The molecule has 0 amide bonds. The number of ether oxygens (including phenoxy) is 1. The van der Waals surface area contributed by atoms with Crippen molar-refractivity contribution in [3.8, 4) is 5.75 Å². The van der Waals surface area contributed by atoms with E-state index >= 15 is 0 Å². The second kappa shape index (κ2) is 4.94. The van der Waals surface area contributed by atoms with Gasteiger partial charge in [0.15, 0.2) is 5.75 Å².